The van der Waals surface area contributed by atoms with Gasteiger partial charge >= 0.3 is 6.35 Å². The Hall–Kier alpha value is -1.14. The lowest BCUT2D eigenvalue weighted by molar-refractivity contribution is 0.0791. The van der Waals surface area contributed by atoms with E-state index < -0.39 is 6.35 Å². The summed E-state index contributed by atoms with van der Waals surface area (Å²) in [5, 5.41) is 6.73. The number of thiophene rings is 3. The molecule has 0 N–H and O–H groups in total. The van der Waals surface area contributed by atoms with Crippen molar-refractivity contribution in [1.29, 1.82) is 0 Å². The average Bonchev–Trinajstić information content (AvgIpc) is 3.47. The smallest absolute Gasteiger partial charge is 0.397 e. The van der Waals surface area contributed by atoms with E-state index in [-0.39, 0.29) is 0 Å². The summed E-state index contributed by atoms with van der Waals surface area (Å²) >= 11 is 5.74. The lowest BCUT2D eigenvalue weighted by atomic mass is 9.32. The average molecular weight is 412 g/mol. The quantitative estimate of drug-likeness (QED) is 0.382. The molecule has 0 aromatic carbocycles. The lowest BCUT2D eigenvalue weighted by Gasteiger charge is -2.40. The van der Waals surface area contributed by atoms with E-state index in [4.69, 9.17) is 0 Å². The summed E-state index contributed by atoms with van der Waals surface area (Å²) < 4.78 is 6.67. The fraction of sp³-hybridized carbons (Fsp3) is 0.364. The van der Waals surface area contributed by atoms with E-state index in [2.05, 4.69) is 63.9 Å². The van der Waals surface area contributed by atoms with Crippen LogP contribution in [-0.2, 0) is 4.28 Å². The van der Waals surface area contributed by atoms with E-state index in [1.54, 1.807) is 11.0 Å². The van der Waals surface area contributed by atoms with Crippen molar-refractivity contribution in [1.82, 2.24) is 0 Å². The van der Waals surface area contributed by atoms with E-state index in [0.29, 0.717) is 0 Å². The Balaban J connectivity index is 1.79. The predicted molar refractivity (Wildman–Crippen MR) is 123 cm³/mol. The minimum atomic E-state index is -1.10. The Labute approximate surface area is 174 Å². The highest BCUT2D eigenvalue weighted by molar-refractivity contribution is 7.40. The normalized spacial score (nSPS) is 21.2. The minimum absolute atomic E-state index is 0.745. The first-order valence-electron chi connectivity index (χ1n) is 9.94. The second-order valence-electron chi connectivity index (χ2n) is 7.90. The molecule has 1 nitrogen and oxygen atoms in total. The summed E-state index contributed by atoms with van der Waals surface area (Å²) in [5.41, 5.74) is 3.32. The molecule has 2 aliphatic rings. The maximum Gasteiger partial charge on any atom is 0.397 e. The first kappa shape index (κ1) is 17.9. The van der Waals surface area contributed by atoms with Gasteiger partial charge in [0, 0.05) is 4.88 Å². The highest BCUT2D eigenvalue weighted by Crippen LogP contribution is 2.47. The van der Waals surface area contributed by atoms with Gasteiger partial charge in [0.25, 0.3) is 0 Å². The van der Waals surface area contributed by atoms with Crippen LogP contribution in [0.5, 0.6) is 0 Å². The first-order valence-corrected chi connectivity index (χ1v) is 12.6. The van der Waals surface area contributed by atoms with Crippen molar-refractivity contribution in [3.8, 4) is 0 Å². The van der Waals surface area contributed by atoms with Crippen LogP contribution in [0.25, 0.3) is 5.47 Å². The lowest BCUT2D eigenvalue weighted by Crippen LogP contribution is -2.62. The zero-order valence-electron chi connectivity index (χ0n) is 15.7. The molecule has 0 bridgehead atoms. The number of hydrogen-bond acceptors (Lipinski definition) is 3. The minimum Gasteiger partial charge on any atom is -0.658 e. The fourth-order valence-corrected chi connectivity index (χ4v) is 8.46. The van der Waals surface area contributed by atoms with Crippen molar-refractivity contribution >= 4 is 55.4 Å². The predicted octanol–water partition coefficient (Wildman–Crippen LogP) is 5.70. The molecule has 140 valence electrons. The molecule has 5 rings (SSSR count). The summed E-state index contributed by atoms with van der Waals surface area (Å²) in [4.78, 5) is 1.47. The summed E-state index contributed by atoms with van der Waals surface area (Å²) in [6.07, 6.45) is 5.81. The second kappa shape index (κ2) is 7.36. The molecule has 4 heterocycles. The highest BCUT2D eigenvalue weighted by atomic mass is 32.1. The van der Waals surface area contributed by atoms with Gasteiger partial charge in [-0.15, -0.1) is 11.3 Å². The van der Waals surface area contributed by atoms with Gasteiger partial charge in [0.1, 0.15) is 6.61 Å². The molecule has 0 saturated heterocycles. The number of hydrogen-bond donors (Lipinski definition) is 0. The Morgan fingerprint density at radius 3 is 2.04 bits per heavy atom. The molecule has 1 aliphatic carbocycles. The summed E-state index contributed by atoms with van der Waals surface area (Å²) in [6, 6.07) is 13.7. The van der Waals surface area contributed by atoms with E-state index >= 15 is 0 Å². The van der Waals surface area contributed by atoms with Gasteiger partial charge in [-0.25, -0.2) is 0 Å². The third-order valence-corrected chi connectivity index (χ3v) is 9.48. The molecule has 0 amide bonds. The van der Waals surface area contributed by atoms with Crippen LogP contribution in [0.4, 0.5) is 0 Å². The van der Waals surface area contributed by atoms with Gasteiger partial charge in [0.2, 0.25) is 0 Å². The molecular weight excluding hydrogens is 387 g/mol. The Morgan fingerprint density at radius 1 is 0.852 bits per heavy atom. The van der Waals surface area contributed by atoms with Crippen LogP contribution in [0.2, 0.25) is 0 Å². The fourth-order valence-electron chi connectivity index (χ4n) is 5.36. The van der Waals surface area contributed by atoms with Crippen LogP contribution in [-0.4, -0.2) is 20.1 Å². The van der Waals surface area contributed by atoms with Crippen molar-refractivity contribution in [3.63, 3.8) is 0 Å². The van der Waals surface area contributed by atoms with Crippen molar-refractivity contribution < 1.29 is 4.28 Å². The highest BCUT2D eigenvalue weighted by Gasteiger charge is 2.54. The number of rotatable bonds is 4. The molecule has 0 atom stereocenters. The Bertz CT molecular complexity index is 869. The zero-order valence-corrected chi connectivity index (χ0v) is 18.2. The molecule has 0 unspecified atom stereocenters. The monoisotopic (exact) mass is 412 g/mol. The standard InChI is InChI=1S/C22H25BOS3/c1-24-16-18(17-8-3-2-4-9-17)22(19-10-5-13-25-19)23(24,20-11-6-14-26-20)21-12-7-15-27-21/h5-7,10-15,17H,2-4,8-9,16H2,1H3. The van der Waals surface area contributed by atoms with Gasteiger partial charge in [-0.2, -0.15) is 22.7 Å². The van der Waals surface area contributed by atoms with Gasteiger partial charge in [-0.3, -0.25) is 0 Å². The SMILES string of the molecule is C[O+]1CC(C2CCCCC2)=C(c2cccs2)[B-]1(c1cccs1)c1cccs1. The van der Waals surface area contributed by atoms with Crippen LogP contribution in [0.1, 0.15) is 37.0 Å². The molecule has 3 aromatic heterocycles. The van der Waals surface area contributed by atoms with Crippen molar-refractivity contribution in [2.24, 2.45) is 5.92 Å². The van der Waals surface area contributed by atoms with Gasteiger partial charge in [-0.05, 0) is 46.5 Å². The largest absolute Gasteiger partial charge is 0.658 e. The molecule has 3 aromatic rings. The van der Waals surface area contributed by atoms with E-state index in [0.717, 1.165) is 12.5 Å². The second-order valence-corrected chi connectivity index (χ2v) is 10.8. The molecule has 0 radical (unpaired) electrons. The van der Waals surface area contributed by atoms with Crippen LogP contribution in [0, 0.1) is 5.92 Å². The van der Waals surface area contributed by atoms with Crippen molar-refractivity contribution in [3.05, 3.63) is 63.0 Å². The van der Waals surface area contributed by atoms with Crippen LogP contribution in [0.3, 0.4) is 0 Å². The third-order valence-electron chi connectivity index (χ3n) is 6.51. The van der Waals surface area contributed by atoms with Crippen LogP contribution >= 0.6 is 34.0 Å². The summed E-state index contributed by atoms with van der Waals surface area (Å²) in [6.45, 7) is 1.04. The first-order chi connectivity index (χ1) is 13.3. The van der Waals surface area contributed by atoms with E-state index in [1.165, 1.54) is 46.5 Å². The molecule has 0 spiro atoms. The maximum atomic E-state index is 3.70. The summed E-state index contributed by atoms with van der Waals surface area (Å²) in [5.74, 6) is 0.745. The van der Waals surface area contributed by atoms with Gasteiger partial charge in [0.05, 0.1) is 7.11 Å². The van der Waals surface area contributed by atoms with E-state index in [9.17, 15) is 0 Å². The Kier molecular flexibility index (Phi) is 4.89. The molecule has 27 heavy (non-hydrogen) atoms. The summed E-state index contributed by atoms with van der Waals surface area (Å²) in [7, 11) is 2.28. The van der Waals surface area contributed by atoms with Gasteiger partial charge in [0.15, 0.2) is 0 Å². The van der Waals surface area contributed by atoms with Gasteiger partial charge < -0.3 is 4.28 Å². The zero-order chi connectivity index (χ0) is 18.3. The van der Waals surface area contributed by atoms with Crippen LogP contribution < -0.4 is 9.55 Å². The van der Waals surface area contributed by atoms with Crippen LogP contribution in [0.15, 0.2) is 58.1 Å². The Morgan fingerprint density at radius 2 is 1.48 bits per heavy atom. The van der Waals surface area contributed by atoms with E-state index in [1.807, 2.05) is 34.0 Å². The molecular formula is C22H25BOS3. The van der Waals surface area contributed by atoms with Gasteiger partial charge in [-0.1, -0.05) is 64.6 Å². The maximum absolute atomic E-state index is 3.70. The molecule has 1 fully saturated rings. The third kappa shape index (κ3) is 2.82. The van der Waals surface area contributed by atoms with Crippen molar-refractivity contribution in [2.75, 3.05) is 13.7 Å². The molecule has 5 heteroatoms. The molecule has 1 saturated carbocycles. The topological polar surface area (TPSA) is 2.70 Å². The van der Waals surface area contributed by atoms with Crippen molar-refractivity contribution in [2.45, 2.75) is 32.1 Å². The molecule has 1 aliphatic heterocycles.